The average molecular weight is 313 g/mol. The second kappa shape index (κ2) is 6.85. The molecule has 0 aromatic heterocycles. The van der Waals surface area contributed by atoms with Crippen molar-refractivity contribution in [3.8, 4) is 5.75 Å². The number of ether oxygens (including phenoxy) is 1. The smallest absolute Gasteiger partial charge is 0.124 e. The monoisotopic (exact) mass is 312 g/mol. The fraction of sp³-hybridized carbons (Fsp3) is 0.200. The summed E-state index contributed by atoms with van der Waals surface area (Å²) in [7, 11) is 1.50. The van der Waals surface area contributed by atoms with Crippen LogP contribution in [0.3, 0.4) is 0 Å². The molecule has 21 heavy (non-hydrogen) atoms. The molecule has 2 rings (SSSR count). The molecule has 0 spiro atoms. The normalized spacial score (nSPS) is 12.2. The number of rotatable bonds is 5. The zero-order valence-electron chi connectivity index (χ0n) is 11.4. The Morgan fingerprint density at radius 1 is 1.19 bits per heavy atom. The minimum atomic E-state index is -0.418. The molecule has 0 aliphatic carbocycles. The molecule has 0 saturated carbocycles. The van der Waals surface area contributed by atoms with E-state index in [9.17, 15) is 8.78 Å². The van der Waals surface area contributed by atoms with Crippen molar-refractivity contribution in [2.45, 2.75) is 12.5 Å². The van der Waals surface area contributed by atoms with Gasteiger partial charge in [-0.25, -0.2) is 8.78 Å². The van der Waals surface area contributed by atoms with E-state index < -0.39 is 17.7 Å². The number of nitrogens with two attached hydrogens (primary N) is 1. The molecule has 6 heteroatoms. The van der Waals surface area contributed by atoms with Gasteiger partial charge in [0, 0.05) is 10.6 Å². The highest BCUT2D eigenvalue weighted by Gasteiger charge is 2.18. The zero-order chi connectivity index (χ0) is 15.4. The van der Waals surface area contributed by atoms with Crippen molar-refractivity contribution >= 4 is 11.6 Å². The Hall–Kier alpha value is -1.69. The van der Waals surface area contributed by atoms with Gasteiger partial charge in [0.15, 0.2) is 0 Å². The second-order valence-corrected chi connectivity index (χ2v) is 4.95. The number of hydrogen-bond donors (Lipinski definition) is 2. The molecule has 0 radical (unpaired) electrons. The lowest BCUT2D eigenvalue weighted by Gasteiger charge is -2.20. The molecule has 0 aliphatic rings. The third-order valence-electron chi connectivity index (χ3n) is 3.21. The van der Waals surface area contributed by atoms with Crippen LogP contribution in [0.5, 0.6) is 5.75 Å². The Bertz CT molecular complexity index is 637. The van der Waals surface area contributed by atoms with Crippen LogP contribution in [0.25, 0.3) is 0 Å². The topological polar surface area (TPSA) is 47.3 Å². The first-order valence-electron chi connectivity index (χ1n) is 6.28. The van der Waals surface area contributed by atoms with E-state index in [1.54, 1.807) is 6.07 Å². The number of methoxy groups -OCH3 is 1. The molecule has 2 aromatic carbocycles. The lowest BCUT2D eigenvalue weighted by atomic mass is 9.98. The van der Waals surface area contributed by atoms with E-state index in [2.05, 4.69) is 5.43 Å². The molecule has 0 aliphatic heterocycles. The van der Waals surface area contributed by atoms with Gasteiger partial charge in [0.05, 0.1) is 13.2 Å². The first-order valence-corrected chi connectivity index (χ1v) is 6.66. The molecule has 2 aromatic rings. The van der Waals surface area contributed by atoms with Crippen LogP contribution in [0.15, 0.2) is 36.4 Å². The first kappa shape index (κ1) is 15.7. The Kier molecular flexibility index (Phi) is 5.12. The minimum absolute atomic E-state index is 0.297. The van der Waals surface area contributed by atoms with Crippen molar-refractivity contribution in [1.82, 2.24) is 5.43 Å². The van der Waals surface area contributed by atoms with E-state index in [1.807, 2.05) is 0 Å². The van der Waals surface area contributed by atoms with Gasteiger partial charge in [-0.05, 0) is 42.3 Å². The van der Waals surface area contributed by atoms with Crippen LogP contribution in [0.4, 0.5) is 8.78 Å². The van der Waals surface area contributed by atoms with Crippen molar-refractivity contribution < 1.29 is 13.5 Å². The lowest BCUT2D eigenvalue weighted by Crippen LogP contribution is -2.30. The fourth-order valence-corrected chi connectivity index (χ4v) is 2.39. The lowest BCUT2D eigenvalue weighted by molar-refractivity contribution is 0.397. The van der Waals surface area contributed by atoms with Gasteiger partial charge in [0.2, 0.25) is 0 Å². The molecule has 3 N–H and O–H groups in total. The maximum Gasteiger partial charge on any atom is 0.124 e. The summed E-state index contributed by atoms with van der Waals surface area (Å²) in [6, 6.07) is 7.89. The van der Waals surface area contributed by atoms with Crippen LogP contribution in [0.1, 0.15) is 17.2 Å². The molecule has 0 bridgehead atoms. The third-order valence-corrected chi connectivity index (χ3v) is 3.56. The number of benzene rings is 2. The van der Waals surface area contributed by atoms with E-state index in [-0.39, 0.29) is 0 Å². The van der Waals surface area contributed by atoms with E-state index in [0.29, 0.717) is 28.3 Å². The van der Waals surface area contributed by atoms with E-state index in [4.69, 9.17) is 22.2 Å². The van der Waals surface area contributed by atoms with Gasteiger partial charge in [-0.15, -0.1) is 0 Å². The van der Waals surface area contributed by atoms with Gasteiger partial charge < -0.3 is 4.74 Å². The predicted molar refractivity (Wildman–Crippen MR) is 78.1 cm³/mol. The number of hydrogen-bond acceptors (Lipinski definition) is 3. The van der Waals surface area contributed by atoms with E-state index in [1.165, 1.54) is 37.4 Å². The van der Waals surface area contributed by atoms with Crippen LogP contribution >= 0.6 is 11.6 Å². The number of nitrogens with one attached hydrogen (secondary N) is 1. The molecule has 3 nitrogen and oxygen atoms in total. The Labute approximate surface area is 126 Å². The highest BCUT2D eigenvalue weighted by molar-refractivity contribution is 6.31. The largest absolute Gasteiger partial charge is 0.496 e. The fourth-order valence-electron chi connectivity index (χ4n) is 2.14. The Morgan fingerprint density at radius 3 is 2.48 bits per heavy atom. The van der Waals surface area contributed by atoms with Gasteiger partial charge >= 0.3 is 0 Å². The Morgan fingerprint density at radius 2 is 1.86 bits per heavy atom. The maximum absolute atomic E-state index is 13.5. The van der Waals surface area contributed by atoms with Crippen LogP contribution in [-0.4, -0.2) is 7.11 Å². The van der Waals surface area contributed by atoms with Crippen LogP contribution in [0.2, 0.25) is 5.02 Å². The first-order chi connectivity index (χ1) is 10.0. The second-order valence-electron chi connectivity index (χ2n) is 4.55. The quantitative estimate of drug-likeness (QED) is 0.657. The predicted octanol–water partition coefficient (Wildman–Crippen LogP) is 3.37. The molecule has 0 amide bonds. The molecule has 112 valence electrons. The SMILES string of the molecule is COc1ccc(F)cc1C(Cc1ccc(F)cc1Cl)NN. The molecule has 0 saturated heterocycles. The van der Waals surface area contributed by atoms with Crippen molar-refractivity contribution in [3.05, 3.63) is 64.2 Å². The van der Waals surface area contributed by atoms with Crippen molar-refractivity contribution in [2.24, 2.45) is 5.84 Å². The minimum Gasteiger partial charge on any atom is -0.496 e. The summed E-state index contributed by atoms with van der Waals surface area (Å²) in [5, 5.41) is 0.297. The summed E-state index contributed by atoms with van der Waals surface area (Å²) in [4.78, 5) is 0. The standard InChI is InChI=1S/C15H15ClF2N2O/c1-21-15-5-4-10(17)7-12(15)14(20-19)6-9-2-3-11(18)8-13(9)16/h2-5,7-8,14,20H,6,19H2,1H3. The van der Waals surface area contributed by atoms with Crippen LogP contribution in [0, 0.1) is 11.6 Å². The highest BCUT2D eigenvalue weighted by Crippen LogP contribution is 2.30. The molecule has 0 fully saturated rings. The van der Waals surface area contributed by atoms with Gasteiger partial charge in [-0.3, -0.25) is 11.3 Å². The molecular formula is C15H15ClF2N2O. The van der Waals surface area contributed by atoms with Crippen molar-refractivity contribution in [3.63, 3.8) is 0 Å². The van der Waals surface area contributed by atoms with Crippen molar-refractivity contribution in [2.75, 3.05) is 7.11 Å². The number of halogens is 3. The summed E-state index contributed by atoms with van der Waals surface area (Å²) in [5.41, 5.74) is 3.88. The van der Waals surface area contributed by atoms with Gasteiger partial charge in [0.1, 0.15) is 17.4 Å². The van der Waals surface area contributed by atoms with E-state index >= 15 is 0 Å². The molecule has 1 unspecified atom stereocenters. The summed E-state index contributed by atoms with van der Waals surface area (Å²) in [5.74, 6) is 5.27. The van der Waals surface area contributed by atoms with Gasteiger partial charge in [0.25, 0.3) is 0 Å². The van der Waals surface area contributed by atoms with Crippen LogP contribution in [-0.2, 0) is 6.42 Å². The summed E-state index contributed by atoms with van der Waals surface area (Å²) >= 11 is 6.01. The van der Waals surface area contributed by atoms with E-state index in [0.717, 1.165) is 0 Å². The maximum atomic E-state index is 13.5. The zero-order valence-corrected chi connectivity index (χ0v) is 12.1. The summed E-state index contributed by atoms with van der Waals surface area (Å²) in [6.07, 6.45) is 0.370. The van der Waals surface area contributed by atoms with Crippen molar-refractivity contribution in [1.29, 1.82) is 0 Å². The Balaban J connectivity index is 2.34. The molecular weight excluding hydrogens is 298 g/mol. The van der Waals surface area contributed by atoms with Gasteiger partial charge in [-0.1, -0.05) is 17.7 Å². The van der Waals surface area contributed by atoms with Crippen LogP contribution < -0.4 is 16.0 Å². The third kappa shape index (κ3) is 3.69. The van der Waals surface area contributed by atoms with Gasteiger partial charge in [-0.2, -0.15) is 0 Å². The summed E-state index contributed by atoms with van der Waals surface area (Å²) < 4.78 is 31.7. The summed E-state index contributed by atoms with van der Waals surface area (Å²) in [6.45, 7) is 0. The number of hydrazine groups is 1. The highest BCUT2D eigenvalue weighted by atomic mass is 35.5. The molecule has 1 atom stereocenters. The molecule has 0 heterocycles. The average Bonchev–Trinajstić information content (AvgIpc) is 2.46.